The molecule has 0 bridgehead atoms. The Morgan fingerprint density at radius 3 is 2.72 bits per heavy atom. The number of anilines is 1. The van der Waals surface area contributed by atoms with Gasteiger partial charge in [0.05, 0.1) is 11.4 Å². The molecule has 0 saturated carbocycles. The van der Waals surface area contributed by atoms with Crippen LogP contribution in [0.2, 0.25) is 0 Å². The zero-order valence-electron chi connectivity index (χ0n) is 15.1. The number of para-hydroxylation sites is 1. The number of nitrogens with zero attached hydrogens (tertiary/aromatic N) is 3. The van der Waals surface area contributed by atoms with E-state index >= 15 is 0 Å². The van der Waals surface area contributed by atoms with Gasteiger partial charge in [0.25, 0.3) is 0 Å². The van der Waals surface area contributed by atoms with Crippen LogP contribution in [0, 0.1) is 12.8 Å². The van der Waals surface area contributed by atoms with Crippen LogP contribution in [0.25, 0.3) is 10.9 Å². The van der Waals surface area contributed by atoms with Crippen molar-refractivity contribution in [2.45, 2.75) is 39.0 Å². The topological polar surface area (TPSA) is 36.4 Å². The maximum absolute atomic E-state index is 12.9. The molecule has 4 heteroatoms. The van der Waals surface area contributed by atoms with E-state index in [0.29, 0.717) is 5.91 Å². The Labute approximate surface area is 149 Å². The summed E-state index contributed by atoms with van der Waals surface area (Å²) in [4.78, 5) is 22.2. The van der Waals surface area contributed by atoms with Crippen LogP contribution in [0.5, 0.6) is 0 Å². The van der Waals surface area contributed by atoms with Gasteiger partial charge in [-0.15, -0.1) is 0 Å². The van der Waals surface area contributed by atoms with Gasteiger partial charge in [0.15, 0.2) is 0 Å². The summed E-state index contributed by atoms with van der Waals surface area (Å²) in [6.07, 6.45) is 5.66. The lowest BCUT2D eigenvalue weighted by atomic mass is 9.95. The second kappa shape index (κ2) is 7.03. The third kappa shape index (κ3) is 3.35. The molecule has 2 fully saturated rings. The Bertz CT molecular complexity index is 767. The number of hydrogen-bond acceptors (Lipinski definition) is 3. The van der Waals surface area contributed by atoms with Crippen LogP contribution in [0.1, 0.15) is 37.7 Å². The van der Waals surface area contributed by atoms with Gasteiger partial charge in [-0.1, -0.05) is 18.2 Å². The van der Waals surface area contributed by atoms with Crippen molar-refractivity contribution >= 4 is 22.6 Å². The first-order valence-electron chi connectivity index (χ1n) is 9.62. The Morgan fingerprint density at radius 2 is 1.88 bits per heavy atom. The van der Waals surface area contributed by atoms with E-state index in [1.165, 1.54) is 17.4 Å². The predicted octanol–water partition coefficient (Wildman–Crippen LogP) is 3.77. The number of benzene rings is 1. The predicted molar refractivity (Wildman–Crippen MR) is 102 cm³/mol. The van der Waals surface area contributed by atoms with E-state index in [1.54, 1.807) is 0 Å². The van der Waals surface area contributed by atoms with Gasteiger partial charge in [-0.2, -0.15) is 0 Å². The fraction of sp³-hybridized carbons (Fsp3) is 0.524. The van der Waals surface area contributed by atoms with E-state index in [-0.39, 0.29) is 5.92 Å². The summed E-state index contributed by atoms with van der Waals surface area (Å²) in [6, 6.07) is 10.5. The van der Waals surface area contributed by atoms with E-state index < -0.39 is 0 Å². The molecule has 2 aliphatic heterocycles. The standard InChI is InChI=1S/C21H27N3O/c1-16-14-20(22-19-10-4-3-9-18(16)19)24-13-7-8-17(15-24)21(25)23-11-5-2-6-12-23/h3-4,9-10,14,17H,2,5-8,11-13,15H2,1H3. The molecule has 25 heavy (non-hydrogen) atoms. The number of carbonyl (C=O) groups is 1. The van der Waals surface area contributed by atoms with Gasteiger partial charge < -0.3 is 9.80 Å². The number of rotatable bonds is 2. The SMILES string of the molecule is Cc1cc(N2CCCC(C(=O)N3CCCCC3)C2)nc2ccccc12. The van der Waals surface area contributed by atoms with Gasteiger partial charge >= 0.3 is 0 Å². The number of likely N-dealkylation sites (tertiary alicyclic amines) is 1. The number of aromatic nitrogens is 1. The lowest BCUT2D eigenvalue weighted by Crippen LogP contribution is -2.46. The molecule has 1 aromatic heterocycles. The largest absolute Gasteiger partial charge is 0.356 e. The molecule has 4 nitrogen and oxygen atoms in total. The summed E-state index contributed by atoms with van der Waals surface area (Å²) in [6.45, 7) is 5.84. The molecule has 1 aromatic carbocycles. The third-order valence-corrected chi connectivity index (χ3v) is 5.67. The highest BCUT2D eigenvalue weighted by Crippen LogP contribution is 2.27. The van der Waals surface area contributed by atoms with Gasteiger partial charge in [0, 0.05) is 31.6 Å². The molecule has 0 N–H and O–H groups in total. The molecule has 4 rings (SSSR count). The van der Waals surface area contributed by atoms with Crippen molar-refractivity contribution in [1.29, 1.82) is 0 Å². The highest BCUT2D eigenvalue weighted by molar-refractivity contribution is 5.84. The maximum Gasteiger partial charge on any atom is 0.227 e. The van der Waals surface area contributed by atoms with Gasteiger partial charge in [-0.25, -0.2) is 4.98 Å². The van der Waals surface area contributed by atoms with E-state index in [2.05, 4.69) is 41.0 Å². The second-order valence-corrected chi connectivity index (χ2v) is 7.49. The van der Waals surface area contributed by atoms with Crippen LogP contribution >= 0.6 is 0 Å². The maximum atomic E-state index is 12.9. The number of amides is 1. The molecular formula is C21H27N3O. The van der Waals surface area contributed by atoms with Gasteiger partial charge in [-0.3, -0.25) is 4.79 Å². The second-order valence-electron chi connectivity index (χ2n) is 7.49. The van der Waals surface area contributed by atoms with Crippen LogP contribution in [0.15, 0.2) is 30.3 Å². The van der Waals surface area contributed by atoms with E-state index in [0.717, 1.165) is 63.2 Å². The van der Waals surface area contributed by atoms with Crippen molar-refractivity contribution in [3.8, 4) is 0 Å². The number of hydrogen-bond donors (Lipinski definition) is 0. The van der Waals surface area contributed by atoms with Crippen LogP contribution in [-0.2, 0) is 4.79 Å². The first-order valence-corrected chi connectivity index (χ1v) is 9.62. The molecule has 132 valence electrons. The van der Waals surface area contributed by atoms with Crippen LogP contribution < -0.4 is 4.90 Å². The van der Waals surface area contributed by atoms with Crippen molar-refractivity contribution < 1.29 is 4.79 Å². The van der Waals surface area contributed by atoms with Crippen LogP contribution in [-0.4, -0.2) is 42.0 Å². The summed E-state index contributed by atoms with van der Waals surface area (Å²) < 4.78 is 0. The fourth-order valence-corrected chi connectivity index (χ4v) is 4.25. The van der Waals surface area contributed by atoms with Gasteiger partial charge in [0.2, 0.25) is 5.91 Å². The number of carbonyl (C=O) groups excluding carboxylic acids is 1. The number of aryl methyl sites for hydroxylation is 1. The summed E-state index contributed by atoms with van der Waals surface area (Å²) >= 11 is 0. The van der Waals surface area contributed by atoms with Crippen molar-refractivity contribution in [2.24, 2.45) is 5.92 Å². The quantitative estimate of drug-likeness (QED) is 0.837. The lowest BCUT2D eigenvalue weighted by Gasteiger charge is -2.37. The lowest BCUT2D eigenvalue weighted by molar-refractivity contribution is -0.136. The van der Waals surface area contributed by atoms with Crippen molar-refractivity contribution in [3.05, 3.63) is 35.9 Å². The Balaban J connectivity index is 1.54. The number of fused-ring (bicyclic) bond motifs is 1. The number of piperidine rings is 2. The van der Waals surface area contributed by atoms with Crippen LogP contribution in [0.4, 0.5) is 5.82 Å². The molecule has 1 amide bonds. The van der Waals surface area contributed by atoms with E-state index in [1.807, 2.05) is 6.07 Å². The minimum Gasteiger partial charge on any atom is -0.356 e. The average Bonchev–Trinajstić information content (AvgIpc) is 2.68. The minimum atomic E-state index is 0.125. The van der Waals surface area contributed by atoms with Crippen molar-refractivity contribution in [3.63, 3.8) is 0 Å². The fourth-order valence-electron chi connectivity index (χ4n) is 4.25. The highest BCUT2D eigenvalue weighted by Gasteiger charge is 2.30. The molecule has 2 aliphatic rings. The smallest absolute Gasteiger partial charge is 0.227 e. The number of pyridine rings is 1. The molecule has 0 radical (unpaired) electrons. The molecule has 2 saturated heterocycles. The monoisotopic (exact) mass is 337 g/mol. The summed E-state index contributed by atoms with van der Waals surface area (Å²) in [5, 5.41) is 1.21. The zero-order chi connectivity index (χ0) is 17.2. The Morgan fingerprint density at radius 1 is 1.08 bits per heavy atom. The zero-order valence-corrected chi connectivity index (χ0v) is 15.1. The summed E-state index contributed by atoms with van der Waals surface area (Å²) in [5.74, 6) is 1.51. The third-order valence-electron chi connectivity index (χ3n) is 5.67. The Hall–Kier alpha value is -2.10. The highest BCUT2D eigenvalue weighted by atomic mass is 16.2. The van der Waals surface area contributed by atoms with E-state index in [9.17, 15) is 4.79 Å². The molecule has 0 spiro atoms. The van der Waals surface area contributed by atoms with Crippen LogP contribution in [0.3, 0.4) is 0 Å². The van der Waals surface area contributed by atoms with E-state index in [4.69, 9.17) is 4.98 Å². The summed E-state index contributed by atoms with van der Waals surface area (Å²) in [7, 11) is 0. The molecule has 3 heterocycles. The van der Waals surface area contributed by atoms with Crippen molar-refractivity contribution in [2.75, 3.05) is 31.1 Å². The van der Waals surface area contributed by atoms with Gasteiger partial charge in [-0.05, 0) is 56.7 Å². The molecule has 2 aromatic rings. The molecular weight excluding hydrogens is 310 g/mol. The molecule has 0 aliphatic carbocycles. The molecule has 1 atom stereocenters. The first kappa shape index (κ1) is 16.4. The first-order chi connectivity index (χ1) is 12.2. The van der Waals surface area contributed by atoms with Crippen molar-refractivity contribution in [1.82, 2.24) is 9.88 Å². The molecule has 1 unspecified atom stereocenters. The minimum absolute atomic E-state index is 0.125. The average molecular weight is 337 g/mol. The normalized spacial score (nSPS) is 21.6. The van der Waals surface area contributed by atoms with Gasteiger partial charge in [0.1, 0.15) is 5.82 Å². The Kier molecular flexibility index (Phi) is 4.60. The summed E-state index contributed by atoms with van der Waals surface area (Å²) in [5.41, 5.74) is 2.30.